The molecule has 5 heteroatoms. The zero-order valence-corrected chi connectivity index (χ0v) is 13.9. The highest BCUT2D eigenvalue weighted by molar-refractivity contribution is 6.35. The molecule has 0 bridgehead atoms. The summed E-state index contributed by atoms with van der Waals surface area (Å²) >= 11 is 0. The van der Waals surface area contributed by atoms with Gasteiger partial charge in [0.2, 0.25) is 0 Å². The number of aliphatic hydroxyl groups is 1. The monoisotopic (exact) mass is 326 g/mol. The summed E-state index contributed by atoms with van der Waals surface area (Å²) in [5, 5.41) is 15.4. The van der Waals surface area contributed by atoms with Crippen LogP contribution in [-0.2, 0) is 15.2 Å². The number of hydrogen-bond donors (Lipinski definition) is 3. The fraction of sp³-hybridized carbons (Fsp3) is 0.263. The lowest BCUT2D eigenvalue weighted by molar-refractivity contribution is -0.139. The number of hydrogen-bond acceptors (Lipinski definition) is 3. The van der Waals surface area contributed by atoms with Gasteiger partial charge in [-0.25, -0.2) is 0 Å². The molecule has 1 unspecified atom stereocenters. The molecule has 2 aromatic carbocycles. The zero-order chi connectivity index (χ0) is 17.6. The van der Waals surface area contributed by atoms with Crippen molar-refractivity contribution < 1.29 is 14.7 Å². The Kier molecular flexibility index (Phi) is 5.71. The van der Waals surface area contributed by atoms with Crippen molar-refractivity contribution >= 4 is 11.8 Å². The van der Waals surface area contributed by atoms with Crippen LogP contribution in [0.4, 0.5) is 0 Å². The summed E-state index contributed by atoms with van der Waals surface area (Å²) < 4.78 is 0. The Bertz CT molecular complexity index is 694. The molecular formula is C19H22N2O3. The van der Waals surface area contributed by atoms with Gasteiger partial charge in [-0.3, -0.25) is 9.59 Å². The molecule has 2 rings (SSSR count). The minimum absolute atomic E-state index is 0.0480. The van der Waals surface area contributed by atoms with Crippen molar-refractivity contribution in [3.05, 3.63) is 60.2 Å². The summed E-state index contributed by atoms with van der Waals surface area (Å²) in [6.07, 6.45) is 0. The van der Waals surface area contributed by atoms with E-state index in [4.69, 9.17) is 0 Å². The molecule has 2 aromatic rings. The van der Waals surface area contributed by atoms with Crippen LogP contribution in [0.25, 0.3) is 11.1 Å². The SMILES string of the molecule is CCNC(=O)C(=O)NCC(C)(O)c1ccc(-c2ccccc2)cc1. The molecule has 0 aliphatic heterocycles. The van der Waals surface area contributed by atoms with Crippen LogP contribution < -0.4 is 10.6 Å². The summed E-state index contributed by atoms with van der Waals surface area (Å²) in [5.41, 5.74) is 1.53. The second kappa shape index (κ2) is 7.75. The van der Waals surface area contributed by atoms with Gasteiger partial charge in [0.15, 0.2) is 0 Å². The fourth-order valence-corrected chi connectivity index (χ4v) is 2.33. The summed E-state index contributed by atoms with van der Waals surface area (Å²) in [5.74, 6) is -1.45. The number of carbonyl (C=O) groups is 2. The standard InChI is InChI=1S/C19H22N2O3/c1-3-20-17(22)18(23)21-13-19(2,24)16-11-9-15(10-12-16)14-7-5-4-6-8-14/h4-12,24H,3,13H2,1-2H3,(H,20,22)(H,21,23). The highest BCUT2D eigenvalue weighted by Gasteiger charge is 2.25. The number of amides is 2. The third-order valence-electron chi connectivity index (χ3n) is 3.75. The number of benzene rings is 2. The minimum atomic E-state index is -1.27. The number of carbonyl (C=O) groups excluding carboxylic acids is 2. The molecule has 0 saturated heterocycles. The van der Waals surface area contributed by atoms with Gasteiger partial charge in [-0.1, -0.05) is 54.6 Å². The number of rotatable bonds is 5. The van der Waals surface area contributed by atoms with Gasteiger partial charge in [0.1, 0.15) is 5.60 Å². The minimum Gasteiger partial charge on any atom is -0.384 e. The first-order valence-corrected chi connectivity index (χ1v) is 7.88. The van der Waals surface area contributed by atoms with Gasteiger partial charge in [-0.15, -0.1) is 0 Å². The molecule has 0 aromatic heterocycles. The van der Waals surface area contributed by atoms with E-state index in [1.807, 2.05) is 54.6 Å². The molecular weight excluding hydrogens is 304 g/mol. The third-order valence-corrected chi connectivity index (χ3v) is 3.75. The molecule has 0 heterocycles. The first-order valence-electron chi connectivity index (χ1n) is 7.88. The van der Waals surface area contributed by atoms with E-state index < -0.39 is 17.4 Å². The van der Waals surface area contributed by atoms with Gasteiger partial charge >= 0.3 is 11.8 Å². The maximum atomic E-state index is 11.6. The molecule has 0 fully saturated rings. The number of nitrogens with one attached hydrogen (secondary N) is 2. The molecule has 0 spiro atoms. The second-order valence-corrected chi connectivity index (χ2v) is 5.76. The summed E-state index contributed by atoms with van der Waals surface area (Å²) in [6, 6.07) is 17.4. The normalized spacial score (nSPS) is 13.0. The average molecular weight is 326 g/mol. The van der Waals surface area contributed by atoms with Gasteiger partial charge in [0.25, 0.3) is 0 Å². The molecule has 126 valence electrons. The second-order valence-electron chi connectivity index (χ2n) is 5.76. The van der Waals surface area contributed by atoms with Crippen molar-refractivity contribution in [2.24, 2.45) is 0 Å². The molecule has 5 nitrogen and oxygen atoms in total. The smallest absolute Gasteiger partial charge is 0.309 e. The molecule has 0 aliphatic rings. The van der Waals surface area contributed by atoms with Crippen molar-refractivity contribution in [2.75, 3.05) is 13.1 Å². The topological polar surface area (TPSA) is 78.4 Å². The third kappa shape index (κ3) is 4.43. The van der Waals surface area contributed by atoms with Gasteiger partial charge in [0.05, 0.1) is 6.54 Å². The molecule has 24 heavy (non-hydrogen) atoms. The van der Waals surface area contributed by atoms with Crippen LogP contribution in [0.2, 0.25) is 0 Å². The number of likely N-dealkylation sites (N-methyl/N-ethyl adjacent to an activating group) is 1. The quantitative estimate of drug-likeness (QED) is 0.733. The van der Waals surface area contributed by atoms with E-state index in [1.54, 1.807) is 13.8 Å². The predicted molar refractivity (Wildman–Crippen MR) is 93.1 cm³/mol. The zero-order valence-electron chi connectivity index (χ0n) is 13.9. The van der Waals surface area contributed by atoms with E-state index in [1.165, 1.54) is 0 Å². The van der Waals surface area contributed by atoms with Crippen LogP contribution >= 0.6 is 0 Å². The van der Waals surface area contributed by atoms with Crippen molar-refractivity contribution in [1.29, 1.82) is 0 Å². The average Bonchev–Trinajstić information content (AvgIpc) is 2.61. The van der Waals surface area contributed by atoms with E-state index in [0.29, 0.717) is 12.1 Å². The van der Waals surface area contributed by atoms with Gasteiger partial charge in [-0.05, 0) is 30.5 Å². The molecule has 0 saturated carbocycles. The molecule has 2 amide bonds. The van der Waals surface area contributed by atoms with Crippen molar-refractivity contribution in [3.8, 4) is 11.1 Å². The Labute approximate surface area is 141 Å². The fourth-order valence-electron chi connectivity index (χ4n) is 2.33. The van der Waals surface area contributed by atoms with Gasteiger partial charge in [0, 0.05) is 6.54 Å². The molecule has 0 aliphatic carbocycles. The van der Waals surface area contributed by atoms with Gasteiger partial charge in [-0.2, -0.15) is 0 Å². The maximum Gasteiger partial charge on any atom is 0.309 e. The predicted octanol–water partition coefficient (Wildman–Crippen LogP) is 1.81. The van der Waals surface area contributed by atoms with Crippen molar-refractivity contribution in [2.45, 2.75) is 19.4 Å². The van der Waals surface area contributed by atoms with Crippen LogP contribution in [-0.4, -0.2) is 30.0 Å². The Morgan fingerprint density at radius 3 is 2.04 bits per heavy atom. The van der Waals surface area contributed by atoms with Crippen LogP contribution in [0.15, 0.2) is 54.6 Å². The summed E-state index contributed by atoms with van der Waals surface area (Å²) in [4.78, 5) is 23.0. The van der Waals surface area contributed by atoms with E-state index in [2.05, 4.69) is 10.6 Å². The molecule has 0 radical (unpaired) electrons. The lowest BCUT2D eigenvalue weighted by Crippen LogP contribution is -2.45. The Morgan fingerprint density at radius 2 is 1.46 bits per heavy atom. The van der Waals surface area contributed by atoms with Crippen LogP contribution in [0.3, 0.4) is 0 Å². The molecule has 3 N–H and O–H groups in total. The summed E-state index contributed by atoms with van der Waals surface area (Å²) in [7, 11) is 0. The van der Waals surface area contributed by atoms with Crippen LogP contribution in [0.5, 0.6) is 0 Å². The molecule has 1 atom stereocenters. The lowest BCUT2D eigenvalue weighted by Gasteiger charge is -2.24. The maximum absolute atomic E-state index is 11.6. The first-order chi connectivity index (χ1) is 11.4. The van der Waals surface area contributed by atoms with Crippen molar-refractivity contribution in [3.63, 3.8) is 0 Å². The lowest BCUT2D eigenvalue weighted by atomic mass is 9.93. The van der Waals surface area contributed by atoms with Crippen LogP contribution in [0.1, 0.15) is 19.4 Å². The van der Waals surface area contributed by atoms with E-state index >= 15 is 0 Å². The Hall–Kier alpha value is -2.66. The van der Waals surface area contributed by atoms with E-state index in [-0.39, 0.29) is 6.54 Å². The van der Waals surface area contributed by atoms with Gasteiger partial charge < -0.3 is 15.7 Å². The highest BCUT2D eigenvalue weighted by Crippen LogP contribution is 2.24. The largest absolute Gasteiger partial charge is 0.384 e. The Balaban J connectivity index is 2.04. The summed E-state index contributed by atoms with van der Waals surface area (Å²) in [6.45, 7) is 3.66. The van der Waals surface area contributed by atoms with Crippen LogP contribution in [0, 0.1) is 0 Å². The Morgan fingerprint density at radius 1 is 0.917 bits per heavy atom. The van der Waals surface area contributed by atoms with E-state index in [0.717, 1.165) is 11.1 Å². The highest BCUT2D eigenvalue weighted by atomic mass is 16.3. The van der Waals surface area contributed by atoms with E-state index in [9.17, 15) is 14.7 Å². The van der Waals surface area contributed by atoms with Crippen molar-refractivity contribution in [1.82, 2.24) is 10.6 Å². The first kappa shape index (κ1) is 17.7.